The van der Waals surface area contributed by atoms with Crippen LogP contribution in [0.15, 0.2) is 18.2 Å². The second-order valence-electron chi connectivity index (χ2n) is 2.85. The highest BCUT2D eigenvalue weighted by Gasteiger charge is 2.08. The summed E-state index contributed by atoms with van der Waals surface area (Å²) in [7, 11) is 1.32. The van der Waals surface area contributed by atoms with Gasteiger partial charge in [0.15, 0.2) is 0 Å². The SMILES string of the molecule is CC#CCOc1ccc(C(=O)OC)cc1Cl. The van der Waals surface area contributed by atoms with Gasteiger partial charge < -0.3 is 9.47 Å². The molecular formula is C12H11ClO3. The molecule has 0 atom stereocenters. The van der Waals surface area contributed by atoms with Crippen molar-refractivity contribution in [1.82, 2.24) is 0 Å². The van der Waals surface area contributed by atoms with E-state index in [2.05, 4.69) is 16.6 Å². The van der Waals surface area contributed by atoms with E-state index in [0.29, 0.717) is 16.3 Å². The molecule has 0 saturated carbocycles. The Morgan fingerprint density at radius 1 is 1.50 bits per heavy atom. The van der Waals surface area contributed by atoms with Crippen LogP contribution in [-0.4, -0.2) is 19.7 Å². The molecule has 16 heavy (non-hydrogen) atoms. The first kappa shape index (κ1) is 12.4. The summed E-state index contributed by atoms with van der Waals surface area (Å²) in [5, 5.41) is 0.362. The lowest BCUT2D eigenvalue weighted by Gasteiger charge is -2.06. The van der Waals surface area contributed by atoms with Crippen molar-refractivity contribution >= 4 is 17.6 Å². The number of benzene rings is 1. The Kier molecular flexibility index (Phi) is 4.68. The van der Waals surface area contributed by atoms with Gasteiger partial charge in [0.25, 0.3) is 0 Å². The van der Waals surface area contributed by atoms with E-state index in [1.807, 2.05) is 0 Å². The number of carbonyl (C=O) groups is 1. The van der Waals surface area contributed by atoms with Crippen molar-refractivity contribution in [2.75, 3.05) is 13.7 Å². The molecule has 0 N–H and O–H groups in total. The molecule has 1 aromatic rings. The molecule has 1 rings (SSSR count). The zero-order valence-corrected chi connectivity index (χ0v) is 9.80. The molecule has 0 saturated heterocycles. The lowest BCUT2D eigenvalue weighted by molar-refractivity contribution is 0.0600. The third-order valence-electron chi connectivity index (χ3n) is 1.83. The molecule has 0 aliphatic carbocycles. The van der Waals surface area contributed by atoms with Crippen LogP contribution in [0, 0.1) is 11.8 Å². The molecule has 0 radical (unpaired) electrons. The third-order valence-corrected chi connectivity index (χ3v) is 2.12. The van der Waals surface area contributed by atoms with Crippen molar-refractivity contribution in [3.8, 4) is 17.6 Å². The van der Waals surface area contributed by atoms with Gasteiger partial charge in [-0.15, -0.1) is 5.92 Å². The van der Waals surface area contributed by atoms with E-state index in [1.54, 1.807) is 19.1 Å². The maximum atomic E-state index is 11.2. The molecule has 1 aromatic carbocycles. The first-order valence-electron chi connectivity index (χ1n) is 4.59. The number of rotatable bonds is 3. The normalized spacial score (nSPS) is 8.94. The van der Waals surface area contributed by atoms with Crippen molar-refractivity contribution in [3.05, 3.63) is 28.8 Å². The molecular weight excluding hydrogens is 228 g/mol. The summed E-state index contributed by atoms with van der Waals surface area (Å²) >= 11 is 5.93. The van der Waals surface area contributed by atoms with E-state index in [0.717, 1.165) is 0 Å². The fraction of sp³-hybridized carbons (Fsp3) is 0.250. The maximum Gasteiger partial charge on any atom is 0.337 e. The Morgan fingerprint density at radius 2 is 2.25 bits per heavy atom. The number of hydrogen-bond acceptors (Lipinski definition) is 3. The molecule has 0 fully saturated rings. The number of halogens is 1. The zero-order valence-electron chi connectivity index (χ0n) is 9.04. The van der Waals surface area contributed by atoms with Crippen LogP contribution in [0.5, 0.6) is 5.75 Å². The lowest BCUT2D eigenvalue weighted by atomic mass is 10.2. The molecule has 0 unspecified atom stereocenters. The molecule has 0 aliphatic rings. The maximum absolute atomic E-state index is 11.2. The lowest BCUT2D eigenvalue weighted by Crippen LogP contribution is -2.02. The Morgan fingerprint density at radius 3 is 2.81 bits per heavy atom. The van der Waals surface area contributed by atoms with Gasteiger partial charge >= 0.3 is 5.97 Å². The number of ether oxygens (including phenoxy) is 2. The first-order valence-corrected chi connectivity index (χ1v) is 4.97. The van der Waals surface area contributed by atoms with Gasteiger partial charge in [-0.25, -0.2) is 4.79 Å². The van der Waals surface area contributed by atoms with Crippen molar-refractivity contribution in [1.29, 1.82) is 0 Å². The molecule has 0 amide bonds. The highest BCUT2D eigenvalue weighted by atomic mass is 35.5. The summed E-state index contributed by atoms with van der Waals surface area (Å²) in [6.07, 6.45) is 0. The Hall–Kier alpha value is -1.66. The number of hydrogen-bond donors (Lipinski definition) is 0. The van der Waals surface area contributed by atoms with E-state index < -0.39 is 5.97 Å². The van der Waals surface area contributed by atoms with Crippen LogP contribution in [0.1, 0.15) is 17.3 Å². The molecule has 3 nitrogen and oxygen atoms in total. The summed E-state index contributed by atoms with van der Waals surface area (Å²) in [4.78, 5) is 11.2. The molecule has 0 aliphatic heterocycles. The molecule has 4 heteroatoms. The monoisotopic (exact) mass is 238 g/mol. The second kappa shape index (κ2) is 6.04. The van der Waals surface area contributed by atoms with Gasteiger partial charge in [0.1, 0.15) is 12.4 Å². The largest absolute Gasteiger partial charge is 0.479 e. The van der Waals surface area contributed by atoms with Gasteiger partial charge in [-0.05, 0) is 25.1 Å². The van der Waals surface area contributed by atoms with E-state index in [-0.39, 0.29) is 6.61 Å². The highest BCUT2D eigenvalue weighted by molar-refractivity contribution is 6.32. The summed E-state index contributed by atoms with van der Waals surface area (Å²) in [6, 6.07) is 4.71. The predicted molar refractivity (Wildman–Crippen MR) is 61.7 cm³/mol. The fourth-order valence-corrected chi connectivity index (χ4v) is 1.28. The van der Waals surface area contributed by atoms with Gasteiger partial charge in [-0.2, -0.15) is 0 Å². The zero-order chi connectivity index (χ0) is 12.0. The Labute approximate surface area is 99.3 Å². The minimum atomic E-state index is -0.429. The van der Waals surface area contributed by atoms with Gasteiger partial charge in [0.05, 0.1) is 17.7 Å². The van der Waals surface area contributed by atoms with Crippen LogP contribution in [-0.2, 0) is 4.74 Å². The van der Waals surface area contributed by atoms with Crippen molar-refractivity contribution in [3.63, 3.8) is 0 Å². The van der Waals surface area contributed by atoms with Crippen molar-refractivity contribution in [2.45, 2.75) is 6.92 Å². The average Bonchev–Trinajstić information content (AvgIpc) is 2.30. The minimum absolute atomic E-state index is 0.272. The van der Waals surface area contributed by atoms with Gasteiger partial charge in [-0.1, -0.05) is 17.5 Å². The van der Waals surface area contributed by atoms with E-state index in [4.69, 9.17) is 16.3 Å². The van der Waals surface area contributed by atoms with Crippen LogP contribution in [0.2, 0.25) is 5.02 Å². The first-order chi connectivity index (χ1) is 7.69. The molecule has 0 aromatic heterocycles. The smallest absolute Gasteiger partial charge is 0.337 e. The fourth-order valence-electron chi connectivity index (χ4n) is 1.05. The standard InChI is InChI=1S/C12H11ClO3/c1-3-4-7-16-11-6-5-9(8-10(11)13)12(14)15-2/h5-6,8H,7H2,1-2H3. The molecule has 0 spiro atoms. The number of esters is 1. The van der Waals surface area contributed by atoms with Crippen LogP contribution < -0.4 is 4.74 Å². The van der Waals surface area contributed by atoms with Crippen molar-refractivity contribution in [2.24, 2.45) is 0 Å². The van der Waals surface area contributed by atoms with Crippen LogP contribution in [0.3, 0.4) is 0 Å². The van der Waals surface area contributed by atoms with E-state index >= 15 is 0 Å². The Balaban J connectivity index is 2.81. The highest BCUT2D eigenvalue weighted by Crippen LogP contribution is 2.25. The minimum Gasteiger partial charge on any atom is -0.479 e. The van der Waals surface area contributed by atoms with Crippen LogP contribution in [0.4, 0.5) is 0 Å². The number of methoxy groups -OCH3 is 1. The number of carbonyl (C=O) groups excluding carboxylic acids is 1. The Bertz CT molecular complexity index is 443. The topological polar surface area (TPSA) is 35.5 Å². The summed E-state index contributed by atoms with van der Waals surface area (Å²) in [6.45, 7) is 2.00. The predicted octanol–water partition coefficient (Wildman–Crippen LogP) is 2.53. The summed E-state index contributed by atoms with van der Waals surface area (Å²) < 4.78 is 9.86. The van der Waals surface area contributed by atoms with Crippen LogP contribution in [0.25, 0.3) is 0 Å². The molecule has 0 bridgehead atoms. The second-order valence-corrected chi connectivity index (χ2v) is 3.26. The molecule has 0 heterocycles. The van der Waals surface area contributed by atoms with Gasteiger partial charge in [0, 0.05) is 0 Å². The van der Waals surface area contributed by atoms with Crippen LogP contribution >= 0.6 is 11.6 Å². The third kappa shape index (κ3) is 3.18. The quantitative estimate of drug-likeness (QED) is 0.600. The summed E-state index contributed by atoms with van der Waals surface area (Å²) in [5.41, 5.74) is 0.390. The van der Waals surface area contributed by atoms with Crippen molar-refractivity contribution < 1.29 is 14.3 Å². The van der Waals surface area contributed by atoms with Gasteiger partial charge in [-0.3, -0.25) is 0 Å². The van der Waals surface area contributed by atoms with E-state index in [1.165, 1.54) is 13.2 Å². The van der Waals surface area contributed by atoms with Gasteiger partial charge in [0.2, 0.25) is 0 Å². The molecule has 84 valence electrons. The van der Waals surface area contributed by atoms with E-state index in [9.17, 15) is 4.79 Å². The summed E-state index contributed by atoms with van der Waals surface area (Å²) in [5.74, 6) is 5.52. The average molecular weight is 239 g/mol.